The third-order valence-electron chi connectivity index (χ3n) is 6.82. The van der Waals surface area contributed by atoms with Crippen molar-refractivity contribution in [2.24, 2.45) is 0 Å². The Bertz CT molecular complexity index is 1880. The van der Waals surface area contributed by atoms with Crippen LogP contribution in [0.5, 0.6) is 23.1 Å². The zero-order valence-corrected chi connectivity index (χ0v) is 25.0. The van der Waals surface area contributed by atoms with Gasteiger partial charge in [0.15, 0.2) is 23.5 Å². The Hall–Kier alpha value is -4.62. The van der Waals surface area contributed by atoms with Gasteiger partial charge >= 0.3 is 11.9 Å². The van der Waals surface area contributed by atoms with Gasteiger partial charge in [0.2, 0.25) is 5.88 Å². The molecule has 0 aliphatic heterocycles. The Kier molecular flexibility index (Phi) is 9.30. The van der Waals surface area contributed by atoms with Crippen LogP contribution in [0.1, 0.15) is 25.2 Å². The maximum Gasteiger partial charge on any atom is 0.425 e. The molecule has 0 amide bonds. The number of pyridine rings is 1. The second-order valence-electron chi connectivity index (χ2n) is 9.79. The van der Waals surface area contributed by atoms with E-state index in [9.17, 15) is 22.4 Å². The Morgan fingerprint density at radius 1 is 1.02 bits per heavy atom. The largest absolute Gasteiger partial charge is 0.495 e. The molecule has 5 rings (SSSR count). The number of hydrogen-bond donors (Lipinski definition) is 0. The molecule has 0 radical (unpaired) electrons. The topological polar surface area (TPSA) is 89.6 Å². The fraction of sp³-hybridized carbons (Fsp3) is 0.258. The molecular weight excluding hydrogens is 620 g/mol. The van der Waals surface area contributed by atoms with Crippen molar-refractivity contribution in [2.75, 3.05) is 7.11 Å². The van der Waals surface area contributed by atoms with Crippen LogP contribution in [0.25, 0.3) is 16.5 Å². The lowest BCUT2D eigenvalue weighted by Crippen LogP contribution is -2.31. The molecule has 236 valence electrons. The van der Waals surface area contributed by atoms with Crippen LogP contribution < -0.4 is 19.9 Å². The fourth-order valence-electron chi connectivity index (χ4n) is 4.51. The quantitative estimate of drug-likeness (QED) is 0.140. The Balaban J connectivity index is 1.60. The van der Waals surface area contributed by atoms with E-state index in [0.717, 1.165) is 23.2 Å². The van der Waals surface area contributed by atoms with Crippen LogP contribution in [0, 0.1) is 5.82 Å². The summed E-state index contributed by atoms with van der Waals surface area (Å²) < 4.78 is 80.2. The molecule has 1 atom stereocenters. The predicted octanol–water partition coefficient (Wildman–Crippen LogP) is 7.24. The lowest BCUT2D eigenvalue weighted by atomic mass is 10.1. The highest BCUT2D eigenvalue weighted by atomic mass is 35.5. The first-order valence-electron chi connectivity index (χ1n) is 13.7. The normalized spacial score (nSPS) is 12.4. The number of rotatable bonds is 11. The summed E-state index contributed by atoms with van der Waals surface area (Å²) >= 11 is 6.27. The predicted molar refractivity (Wildman–Crippen MR) is 158 cm³/mol. The highest BCUT2D eigenvalue weighted by molar-refractivity contribution is 6.33. The van der Waals surface area contributed by atoms with Gasteiger partial charge in [-0.2, -0.15) is 17.9 Å². The number of halogens is 5. The van der Waals surface area contributed by atoms with Gasteiger partial charge in [-0.1, -0.05) is 41.9 Å². The average Bonchev–Trinajstić information content (AvgIpc) is 3.33. The monoisotopic (exact) mass is 646 g/mol. The Morgan fingerprint density at radius 2 is 1.78 bits per heavy atom. The number of hydrogen-bond acceptors (Lipinski definition) is 7. The van der Waals surface area contributed by atoms with E-state index in [4.69, 9.17) is 30.5 Å². The number of alkyl halides is 3. The summed E-state index contributed by atoms with van der Waals surface area (Å²) in [7, 11) is 1.33. The lowest BCUT2D eigenvalue weighted by molar-refractivity contribution is -0.189. The highest BCUT2D eigenvalue weighted by Crippen LogP contribution is 2.43. The lowest BCUT2D eigenvalue weighted by Gasteiger charge is -2.20. The summed E-state index contributed by atoms with van der Waals surface area (Å²) in [5.74, 6) is -1.53. The number of benzene rings is 3. The number of methoxy groups -OCH3 is 1. The molecule has 0 spiro atoms. The number of aromatic nitrogens is 4. The van der Waals surface area contributed by atoms with E-state index in [1.54, 1.807) is 6.92 Å². The number of nitrogens with zero attached hydrogens (tertiary/aromatic N) is 4. The van der Waals surface area contributed by atoms with Crippen molar-refractivity contribution < 1.29 is 36.5 Å². The van der Waals surface area contributed by atoms with Crippen LogP contribution >= 0.6 is 11.6 Å². The maximum atomic E-state index is 14.8. The highest BCUT2D eigenvalue weighted by Gasteiger charge is 2.38. The van der Waals surface area contributed by atoms with Crippen molar-refractivity contribution in [3.05, 3.63) is 99.6 Å². The van der Waals surface area contributed by atoms with Crippen LogP contribution in [0.15, 0.2) is 71.7 Å². The summed E-state index contributed by atoms with van der Waals surface area (Å²) in [6, 6.07) is 16.0. The zero-order chi connectivity index (χ0) is 32.3. The van der Waals surface area contributed by atoms with Crippen LogP contribution in [0.4, 0.5) is 17.6 Å². The molecule has 0 saturated heterocycles. The molecule has 5 aromatic rings. The van der Waals surface area contributed by atoms with Crippen LogP contribution in [0.3, 0.4) is 0 Å². The summed E-state index contributed by atoms with van der Waals surface area (Å²) in [5, 5.41) is 4.46. The molecule has 2 aromatic heterocycles. The van der Waals surface area contributed by atoms with E-state index in [-0.39, 0.29) is 58.6 Å². The minimum absolute atomic E-state index is 0.00178. The van der Waals surface area contributed by atoms with E-state index in [2.05, 4.69) is 10.1 Å². The number of fused-ring (bicyclic) bond motifs is 1. The van der Waals surface area contributed by atoms with Crippen LogP contribution in [-0.4, -0.2) is 38.7 Å². The van der Waals surface area contributed by atoms with Gasteiger partial charge in [0, 0.05) is 18.8 Å². The summed E-state index contributed by atoms with van der Waals surface area (Å²) in [6.07, 6.45) is -5.70. The molecule has 14 heteroatoms. The van der Waals surface area contributed by atoms with Gasteiger partial charge < -0.3 is 18.9 Å². The van der Waals surface area contributed by atoms with Crippen molar-refractivity contribution in [2.45, 2.75) is 45.9 Å². The van der Waals surface area contributed by atoms with E-state index >= 15 is 0 Å². The van der Waals surface area contributed by atoms with Gasteiger partial charge in [-0.3, -0.25) is 4.57 Å². The first kappa shape index (κ1) is 31.8. The standard InChI is InChI=1S/C31H27ClF4N4O5/c1-4-39-25(17-43-16-19-8-6-5-7-9-19)38-40(30(39)41)21-14-20-12-13-37-29(26(20)24(15-21)44-18(2)31(34,35)36)45-28-22(33)10-11-23(42-3)27(28)32/h5-15,18H,4,16-17H2,1-3H3/t18-/m0/s1. The van der Waals surface area contributed by atoms with Crippen LogP contribution in [0.2, 0.25) is 5.02 Å². The number of ether oxygens (including phenoxy) is 4. The SMILES string of the molecule is CCn1c(COCc2ccccc2)nn(-c2cc(O[C@@H](C)C(F)(F)F)c3c(Oc4c(F)ccc(OC)c4Cl)nccc3c2)c1=O. The minimum atomic E-state index is -4.74. The van der Waals surface area contributed by atoms with E-state index < -0.39 is 29.5 Å². The molecule has 0 unspecified atom stereocenters. The zero-order valence-electron chi connectivity index (χ0n) is 24.3. The van der Waals surface area contributed by atoms with Gasteiger partial charge in [0.1, 0.15) is 23.1 Å². The average molecular weight is 647 g/mol. The summed E-state index contributed by atoms with van der Waals surface area (Å²) in [6.45, 7) is 3.13. The first-order valence-corrected chi connectivity index (χ1v) is 14.1. The molecule has 0 bridgehead atoms. The molecule has 0 aliphatic carbocycles. The van der Waals surface area contributed by atoms with E-state index in [1.165, 1.54) is 42.1 Å². The second-order valence-corrected chi connectivity index (χ2v) is 10.2. The van der Waals surface area contributed by atoms with Crippen molar-refractivity contribution >= 4 is 22.4 Å². The van der Waals surface area contributed by atoms with Crippen molar-refractivity contribution in [1.82, 2.24) is 19.3 Å². The van der Waals surface area contributed by atoms with Gasteiger partial charge in [-0.15, -0.1) is 5.10 Å². The van der Waals surface area contributed by atoms with Crippen molar-refractivity contribution in [3.63, 3.8) is 0 Å². The first-order chi connectivity index (χ1) is 21.5. The fourth-order valence-corrected chi connectivity index (χ4v) is 4.78. The minimum Gasteiger partial charge on any atom is -0.495 e. The third-order valence-corrected chi connectivity index (χ3v) is 7.17. The molecule has 45 heavy (non-hydrogen) atoms. The summed E-state index contributed by atoms with van der Waals surface area (Å²) in [5.41, 5.74) is 0.496. The van der Waals surface area contributed by atoms with Gasteiger partial charge in [-0.25, -0.2) is 14.2 Å². The van der Waals surface area contributed by atoms with Gasteiger partial charge in [-0.05, 0) is 49.1 Å². The molecule has 9 nitrogen and oxygen atoms in total. The molecule has 0 saturated carbocycles. The molecule has 3 aromatic carbocycles. The Labute approximate surface area is 259 Å². The smallest absolute Gasteiger partial charge is 0.425 e. The summed E-state index contributed by atoms with van der Waals surface area (Å²) in [4.78, 5) is 17.5. The second kappa shape index (κ2) is 13.2. The molecular formula is C31H27ClF4N4O5. The van der Waals surface area contributed by atoms with Gasteiger partial charge in [0.25, 0.3) is 0 Å². The van der Waals surface area contributed by atoms with Crippen molar-refractivity contribution in [3.8, 4) is 28.8 Å². The van der Waals surface area contributed by atoms with Crippen molar-refractivity contribution in [1.29, 1.82) is 0 Å². The Morgan fingerprint density at radius 3 is 2.47 bits per heavy atom. The molecule has 0 N–H and O–H groups in total. The van der Waals surface area contributed by atoms with Gasteiger partial charge in [0.05, 0.1) is 24.8 Å². The third kappa shape index (κ3) is 6.74. The van der Waals surface area contributed by atoms with E-state index in [1.807, 2.05) is 30.3 Å². The molecule has 0 fully saturated rings. The molecule has 0 aliphatic rings. The van der Waals surface area contributed by atoms with E-state index in [0.29, 0.717) is 5.82 Å². The molecule has 2 heterocycles. The maximum absolute atomic E-state index is 14.8. The van der Waals surface area contributed by atoms with Crippen LogP contribution in [-0.2, 0) is 24.5 Å².